The fourth-order valence-corrected chi connectivity index (χ4v) is 8.66. The standard InChI is InChI=1S/C72H116NO8P/c1-6-8-10-12-14-16-18-20-22-24-25-26-27-28-29-30-31-32-33-34-35-36-37-38-39-40-41-42-43-44-45-46-47-49-51-53-55-57-59-61-63-65-72(75)81-70(69-80-82(76,77)79-67-66-73(3,4)5)68-78-71(74)64-62-60-58-56-54-52-50-48-23-21-19-17-15-13-11-9-7-2/h8-11,14-17,20-23,25-26,28-29,31-32,34-35,37-38,40-41,43-44,50,52,70H,6-7,12-13,18-19,24,27,30,33,36,39,42,45-49,51,53-69H2,1-5H3/p+1/b10-8-,11-9-,16-14-,17-15-,22-20-,23-21-,26-25-,29-28-,32-31-,35-34-,38-37-,41-40-,44-43-,52-50-. The minimum absolute atomic E-state index is 0.0178. The molecule has 0 saturated heterocycles. The summed E-state index contributed by atoms with van der Waals surface area (Å²) in [4.78, 5) is 35.7. The molecule has 0 aliphatic rings. The molecule has 2 atom stereocenters. The van der Waals surface area contributed by atoms with E-state index in [-0.39, 0.29) is 26.1 Å². The number of ether oxygens (including phenoxy) is 2. The van der Waals surface area contributed by atoms with E-state index in [1.807, 2.05) is 21.1 Å². The average molecular weight is 1160 g/mol. The van der Waals surface area contributed by atoms with E-state index in [2.05, 4.69) is 184 Å². The van der Waals surface area contributed by atoms with Crippen LogP contribution >= 0.6 is 7.82 Å². The summed E-state index contributed by atoms with van der Waals surface area (Å²) < 4.78 is 34.5. The first-order valence-electron chi connectivity index (χ1n) is 31.9. The Hall–Kier alpha value is -4.63. The maximum absolute atomic E-state index is 12.8. The SMILES string of the molecule is CC/C=C\C/C=C\C/C=C\C/C=C\C/C=C\C/C=C\C/C=C\C/C=C\C/C=C\C/C=C\CCCCCCCCCCCCC(=O)OC(COC(=O)CCCCCC/C=C\C/C=C\C/C=C\C/C=C\CC)COP(=O)(O)OCC[N+](C)(C)C. The number of carbonyl (C=O) groups excluding carboxylic acids is 2. The van der Waals surface area contributed by atoms with Gasteiger partial charge in [0, 0.05) is 12.8 Å². The third-order valence-corrected chi connectivity index (χ3v) is 13.7. The Morgan fingerprint density at radius 2 is 0.659 bits per heavy atom. The number of quaternary nitrogens is 1. The molecule has 0 aromatic rings. The van der Waals surface area contributed by atoms with E-state index in [0.717, 1.165) is 141 Å². The average Bonchev–Trinajstić information content (AvgIpc) is 3.45. The van der Waals surface area contributed by atoms with Crippen molar-refractivity contribution in [1.29, 1.82) is 0 Å². The number of esters is 2. The highest BCUT2D eigenvalue weighted by molar-refractivity contribution is 7.47. The van der Waals surface area contributed by atoms with E-state index in [1.54, 1.807) is 0 Å². The van der Waals surface area contributed by atoms with E-state index in [4.69, 9.17) is 18.5 Å². The summed E-state index contributed by atoms with van der Waals surface area (Å²) >= 11 is 0. The highest BCUT2D eigenvalue weighted by Gasteiger charge is 2.27. The third-order valence-electron chi connectivity index (χ3n) is 12.7. The number of allylic oxidation sites excluding steroid dienone is 28. The molecule has 0 bridgehead atoms. The smallest absolute Gasteiger partial charge is 0.462 e. The van der Waals surface area contributed by atoms with Gasteiger partial charge >= 0.3 is 19.8 Å². The number of unbranched alkanes of at least 4 members (excludes halogenated alkanes) is 14. The normalized spacial score (nSPS) is 14.4. The van der Waals surface area contributed by atoms with E-state index in [1.165, 1.54) is 38.5 Å². The molecule has 462 valence electrons. The Balaban J connectivity index is 4.13. The van der Waals surface area contributed by atoms with Gasteiger partial charge in [0.1, 0.15) is 19.8 Å². The van der Waals surface area contributed by atoms with Gasteiger partial charge in [0.2, 0.25) is 0 Å². The largest absolute Gasteiger partial charge is 0.472 e. The quantitative estimate of drug-likeness (QED) is 0.0211. The van der Waals surface area contributed by atoms with Crippen LogP contribution in [-0.2, 0) is 32.7 Å². The first-order valence-corrected chi connectivity index (χ1v) is 33.4. The molecule has 2 unspecified atom stereocenters. The lowest BCUT2D eigenvalue weighted by Crippen LogP contribution is -2.37. The van der Waals surface area contributed by atoms with Crippen molar-refractivity contribution in [2.75, 3.05) is 47.5 Å². The van der Waals surface area contributed by atoms with Gasteiger partial charge in [0.15, 0.2) is 6.10 Å². The van der Waals surface area contributed by atoms with Crippen molar-refractivity contribution in [3.8, 4) is 0 Å². The van der Waals surface area contributed by atoms with Crippen molar-refractivity contribution >= 4 is 19.8 Å². The lowest BCUT2D eigenvalue weighted by Gasteiger charge is -2.24. The fraction of sp³-hybridized carbons (Fsp3) is 0.583. The molecule has 0 heterocycles. The van der Waals surface area contributed by atoms with E-state index >= 15 is 0 Å². The number of carbonyl (C=O) groups is 2. The zero-order valence-corrected chi connectivity index (χ0v) is 53.3. The molecular formula is C72H117NO8P+. The van der Waals surface area contributed by atoms with Crippen LogP contribution in [0.4, 0.5) is 0 Å². The zero-order valence-electron chi connectivity index (χ0n) is 52.4. The van der Waals surface area contributed by atoms with Crippen molar-refractivity contribution in [2.24, 2.45) is 0 Å². The Kier molecular flexibility index (Phi) is 57.5. The molecule has 0 rings (SSSR count). The first kappa shape index (κ1) is 77.4. The summed E-state index contributed by atoms with van der Waals surface area (Å²) in [6.07, 6.45) is 93.0. The highest BCUT2D eigenvalue weighted by Crippen LogP contribution is 2.43. The maximum atomic E-state index is 12.8. The van der Waals surface area contributed by atoms with Crippen molar-refractivity contribution < 1.29 is 42.1 Å². The molecule has 0 aliphatic carbocycles. The van der Waals surface area contributed by atoms with Gasteiger partial charge in [-0.25, -0.2) is 4.57 Å². The van der Waals surface area contributed by atoms with Gasteiger partial charge in [-0.05, 0) is 128 Å². The minimum Gasteiger partial charge on any atom is -0.462 e. The van der Waals surface area contributed by atoms with Crippen LogP contribution in [0.3, 0.4) is 0 Å². The molecule has 0 fully saturated rings. The van der Waals surface area contributed by atoms with E-state index in [9.17, 15) is 19.0 Å². The number of likely N-dealkylation sites (N-methyl/N-ethyl adjacent to an activating group) is 1. The van der Waals surface area contributed by atoms with Gasteiger partial charge in [-0.1, -0.05) is 248 Å². The number of hydrogen-bond acceptors (Lipinski definition) is 7. The number of hydrogen-bond donors (Lipinski definition) is 1. The second kappa shape index (κ2) is 60.9. The second-order valence-corrected chi connectivity index (χ2v) is 23.1. The first-order chi connectivity index (χ1) is 40.0. The molecule has 82 heavy (non-hydrogen) atoms. The molecule has 0 aliphatic heterocycles. The number of rotatable bonds is 56. The van der Waals surface area contributed by atoms with Gasteiger partial charge in [-0.15, -0.1) is 0 Å². The monoisotopic (exact) mass is 1150 g/mol. The summed E-state index contributed by atoms with van der Waals surface area (Å²) in [6.45, 7) is 4.15. The van der Waals surface area contributed by atoms with Crippen LogP contribution in [0, 0.1) is 0 Å². The lowest BCUT2D eigenvalue weighted by molar-refractivity contribution is -0.870. The summed E-state index contributed by atoms with van der Waals surface area (Å²) in [6, 6.07) is 0. The maximum Gasteiger partial charge on any atom is 0.472 e. The van der Waals surface area contributed by atoms with E-state index < -0.39 is 32.5 Å². The van der Waals surface area contributed by atoms with Crippen molar-refractivity contribution in [3.63, 3.8) is 0 Å². The van der Waals surface area contributed by atoms with Crippen LogP contribution in [0.1, 0.15) is 219 Å². The molecule has 0 radical (unpaired) electrons. The third kappa shape index (κ3) is 64.5. The Labute approximate surface area is 502 Å². The van der Waals surface area contributed by atoms with Crippen molar-refractivity contribution in [3.05, 3.63) is 170 Å². The molecule has 0 saturated carbocycles. The molecule has 0 spiro atoms. The van der Waals surface area contributed by atoms with Gasteiger partial charge in [-0.2, -0.15) is 0 Å². The van der Waals surface area contributed by atoms with Crippen LogP contribution in [0.5, 0.6) is 0 Å². The van der Waals surface area contributed by atoms with Gasteiger partial charge < -0.3 is 18.9 Å². The second-order valence-electron chi connectivity index (χ2n) is 21.7. The highest BCUT2D eigenvalue weighted by atomic mass is 31.2. The van der Waals surface area contributed by atoms with Crippen molar-refractivity contribution in [2.45, 2.75) is 225 Å². The molecule has 0 aromatic carbocycles. The predicted octanol–water partition coefficient (Wildman–Crippen LogP) is 20.6. The number of nitrogens with zero attached hydrogens (tertiary/aromatic N) is 1. The minimum atomic E-state index is -4.41. The van der Waals surface area contributed by atoms with Crippen LogP contribution in [-0.4, -0.2) is 74.9 Å². The Morgan fingerprint density at radius 3 is 0.976 bits per heavy atom. The molecule has 9 nitrogen and oxygen atoms in total. The summed E-state index contributed by atoms with van der Waals surface area (Å²) in [7, 11) is 1.44. The Morgan fingerprint density at radius 1 is 0.378 bits per heavy atom. The van der Waals surface area contributed by atoms with Gasteiger partial charge in [0.05, 0.1) is 27.7 Å². The van der Waals surface area contributed by atoms with Crippen LogP contribution in [0.15, 0.2) is 170 Å². The number of phosphoric acid groups is 1. The zero-order chi connectivity index (χ0) is 59.8. The summed E-state index contributed by atoms with van der Waals surface area (Å²) in [5, 5.41) is 0. The van der Waals surface area contributed by atoms with Crippen LogP contribution < -0.4 is 0 Å². The lowest BCUT2D eigenvalue weighted by atomic mass is 10.0. The van der Waals surface area contributed by atoms with Gasteiger partial charge in [-0.3, -0.25) is 18.6 Å². The molecule has 10 heteroatoms. The van der Waals surface area contributed by atoms with Gasteiger partial charge in [0.25, 0.3) is 0 Å². The van der Waals surface area contributed by atoms with E-state index in [0.29, 0.717) is 23.9 Å². The predicted molar refractivity (Wildman–Crippen MR) is 353 cm³/mol. The van der Waals surface area contributed by atoms with Crippen LogP contribution in [0.25, 0.3) is 0 Å². The summed E-state index contributed by atoms with van der Waals surface area (Å²) in [5.41, 5.74) is 0. The Bertz CT molecular complexity index is 1990. The number of phosphoric ester groups is 1. The molecule has 0 amide bonds. The summed E-state index contributed by atoms with van der Waals surface area (Å²) in [5.74, 6) is -0.842. The topological polar surface area (TPSA) is 108 Å². The molecule has 0 aromatic heterocycles. The fourth-order valence-electron chi connectivity index (χ4n) is 7.92. The molecular weight excluding hydrogens is 1040 g/mol. The van der Waals surface area contributed by atoms with Crippen LogP contribution in [0.2, 0.25) is 0 Å². The molecule has 1 N–H and O–H groups in total. The van der Waals surface area contributed by atoms with Crippen molar-refractivity contribution in [1.82, 2.24) is 0 Å².